The molecule has 0 N–H and O–H groups in total. The first-order valence-electron chi connectivity index (χ1n) is 6.57. The van der Waals surface area contributed by atoms with Crippen LogP contribution in [0.5, 0.6) is 0 Å². The minimum absolute atomic E-state index is 0.130. The van der Waals surface area contributed by atoms with Crippen molar-refractivity contribution >= 4 is 17.7 Å². The van der Waals surface area contributed by atoms with Gasteiger partial charge in [-0.3, -0.25) is 4.79 Å². The van der Waals surface area contributed by atoms with E-state index in [0.717, 1.165) is 25.9 Å². The molecule has 1 fully saturated rings. The Bertz CT molecular complexity index is 575. The molecule has 1 aliphatic rings. The zero-order valence-corrected chi connectivity index (χ0v) is 11.9. The molecule has 0 aromatic carbocycles. The zero-order valence-electron chi connectivity index (χ0n) is 11.1. The maximum absolute atomic E-state index is 12.2. The molecule has 1 amide bonds. The van der Waals surface area contributed by atoms with E-state index in [2.05, 4.69) is 10.2 Å². The summed E-state index contributed by atoms with van der Waals surface area (Å²) in [5.41, 5.74) is 0. The monoisotopic (exact) mass is 293 g/mol. The van der Waals surface area contributed by atoms with Crippen LogP contribution in [0.15, 0.2) is 32.5 Å². The topological polar surface area (TPSA) is 72.4 Å². The fourth-order valence-electron chi connectivity index (χ4n) is 2.15. The van der Waals surface area contributed by atoms with Crippen LogP contribution in [-0.2, 0) is 4.79 Å². The Hall–Kier alpha value is -1.76. The van der Waals surface area contributed by atoms with Crippen LogP contribution in [0.2, 0.25) is 0 Å². The molecule has 0 saturated carbocycles. The number of furan rings is 1. The lowest BCUT2D eigenvalue weighted by Gasteiger charge is -2.18. The lowest BCUT2D eigenvalue weighted by atomic mass is 10.4. The summed E-state index contributed by atoms with van der Waals surface area (Å²) in [5.74, 6) is 0.992. The predicted octanol–water partition coefficient (Wildman–Crippen LogP) is 2.43. The van der Waals surface area contributed by atoms with E-state index in [-0.39, 0.29) is 11.2 Å². The standard InChI is InChI=1S/C13H15N3O3S/c1-9(12(17)16-6-2-3-7-16)20-13-15-14-11(19-13)10-5-4-8-18-10/h4-5,8-9H,2-3,6-7H2,1H3/t9-/m0/s1. The van der Waals surface area contributed by atoms with Gasteiger partial charge in [-0.2, -0.15) is 0 Å². The normalized spacial score (nSPS) is 16.6. The van der Waals surface area contributed by atoms with E-state index in [4.69, 9.17) is 8.83 Å². The molecular formula is C13H15N3O3S. The van der Waals surface area contributed by atoms with Crippen molar-refractivity contribution in [2.24, 2.45) is 0 Å². The third kappa shape index (κ3) is 2.72. The van der Waals surface area contributed by atoms with Crippen LogP contribution in [0.25, 0.3) is 11.7 Å². The second kappa shape index (κ2) is 5.70. The predicted molar refractivity (Wildman–Crippen MR) is 73.1 cm³/mol. The molecule has 0 spiro atoms. The van der Waals surface area contributed by atoms with Crippen molar-refractivity contribution in [3.8, 4) is 11.7 Å². The largest absolute Gasteiger partial charge is 0.459 e. The molecule has 0 radical (unpaired) electrons. The smallest absolute Gasteiger partial charge is 0.284 e. The quantitative estimate of drug-likeness (QED) is 0.806. The maximum atomic E-state index is 12.2. The van der Waals surface area contributed by atoms with E-state index in [1.54, 1.807) is 18.4 Å². The maximum Gasteiger partial charge on any atom is 0.284 e. The number of aromatic nitrogens is 2. The fraction of sp³-hybridized carbons (Fsp3) is 0.462. The highest BCUT2D eigenvalue weighted by Gasteiger charge is 2.25. The number of nitrogens with zero attached hydrogens (tertiary/aromatic N) is 3. The molecule has 20 heavy (non-hydrogen) atoms. The fourth-order valence-corrected chi connectivity index (χ4v) is 2.92. The van der Waals surface area contributed by atoms with Gasteiger partial charge < -0.3 is 13.7 Å². The molecule has 1 atom stereocenters. The number of carbonyl (C=O) groups excluding carboxylic acids is 1. The third-order valence-electron chi connectivity index (χ3n) is 3.18. The minimum Gasteiger partial charge on any atom is -0.459 e. The van der Waals surface area contributed by atoms with Gasteiger partial charge in [0.25, 0.3) is 11.1 Å². The van der Waals surface area contributed by atoms with Crippen LogP contribution < -0.4 is 0 Å². The van der Waals surface area contributed by atoms with Gasteiger partial charge in [-0.1, -0.05) is 11.8 Å². The second-order valence-corrected chi connectivity index (χ2v) is 5.93. The van der Waals surface area contributed by atoms with Crippen LogP contribution in [0.3, 0.4) is 0 Å². The van der Waals surface area contributed by atoms with E-state index in [9.17, 15) is 4.79 Å². The summed E-state index contributed by atoms with van der Waals surface area (Å²) in [5, 5.41) is 8.01. The van der Waals surface area contributed by atoms with E-state index in [0.29, 0.717) is 16.9 Å². The number of likely N-dealkylation sites (tertiary alicyclic amines) is 1. The Kier molecular flexibility index (Phi) is 3.77. The van der Waals surface area contributed by atoms with Gasteiger partial charge in [0.1, 0.15) is 0 Å². The van der Waals surface area contributed by atoms with Gasteiger partial charge in [0.15, 0.2) is 5.76 Å². The summed E-state index contributed by atoms with van der Waals surface area (Å²) in [4.78, 5) is 14.1. The molecule has 2 aromatic rings. The Morgan fingerprint density at radius 3 is 2.90 bits per heavy atom. The molecule has 3 heterocycles. The SMILES string of the molecule is C[C@H](Sc1nnc(-c2ccco2)o1)C(=O)N1CCCC1. The Labute approximate surface area is 120 Å². The number of amides is 1. The summed E-state index contributed by atoms with van der Waals surface area (Å²) < 4.78 is 10.7. The minimum atomic E-state index is -0.224. The lowest BCUT2D eigenvalue weighted by Crippen LogP contribution is -2.34. The van der Waals surface area contributed by atoms with Crippen molar-refractivity contribution in [3.63, 3.8) is 0 Å². The first-order valence-corrected chi connectivity index (χ1v) is 7.45. The van der Waals surface area contributed by atoms with Crippen LogP contribution in [-0.4, -0.2) is 39.3 Å². The molecule has 7 heteroatoms. The van der Waals surface area contributed by atoms with Gasteiger partial charge in [-0.15, -0.1) is 10.2 Å². The summed E-state index contributed by atoms with van der Waals surface area (Å²) >= 11 is 1.28. The molecule has 0 aliphatic carbocycles. The summed E-state index contributed by atoms with van der Waals surface area (Å²) in [7, 11) is 0. The van der Waals surface area contributed by atoms with Crippen molar-refractivity contribution in [2.75, 3.05) is 13.1 Å². The van der Waals surface area contributed by atoms with Gasteiger partial charge in [0, 0.05) is 13.1 Å². The summed E-state index contributed by atoms with van der Waals surface area (Å²) in [6.45, 7) is 3.57. The van der Waals surface area contributed by atoms with Gasteiger partial charge in [0.05, 0.1) is 11.5 Å². The number of hydrogen-bond acceptors (Lipinski definition) is 6. The number of thioether (sulfide) groups is 1. The molecule has 0 unspecified atom stereocenters. The zero-order chi connectivity index (χ0) is 13.9. The van der Waals surface area contributed by atoms with Gasteiger partial charge in [0.2, 0.25) is 5.91 Å². The van der Waals surface area contributed by atoms with Gasteiger partial charge >= 0.3 is 0 Å². The average molecular weight is 293 g/mol. The Morgan fingerprint density at radius 2 is 2.20 bits per heavy atom. The molecule has 0 bridgehead atoms. The van der Waals surface area contributed by atoms with E-state index >= 15 is 0 Å². The first-order chi connectivity index (χ1) is 9.74. The molecule has 3 rings (SSSR count). The van der Waals surface area contributed by atoms with Gasteiger partial charge in [-0.25, -0.2) is 0 Å². The highest BCUT2D eigenvalue weighted by Crippen LogP contribution is 2.27. The molecule has 6 nitrogen and oxygen atoms in total. The molecular weight excluding hydrogens is 278 g/mol. The summed E-state index contributed by atoms with van der Waals surface area (Å²) in [6.07, 6.45) is 3.73. The molecule has 2 aromatic heterocycles. The molecule has 106 valence electrons. The van der Waals surface area contributed by atoms with E-state index in [1.807, 2.05) is 11.8 Å². The van der Waals surface area contributed by atoms with Crippen LogP contribution in [0, 0.1) is 0 Å². The van der Waals surface area contributed by atoms with Crippen LogP contribution in [0.1, 0.15) is 19.8 Å². The third-order valence-corrected chi connectivity index (χ3v) is 4.10. The van der Waals surface area contributed by atoms with Crippen LogP contribution >= 0.6 is 11.8 Å². The van der Waals surface area contributed by atoms with Crippen molar-refractivity contribution in [1.82, 2.24) is 15.1 Å². The second-order valence-electron chi connectivity index (χ2n) is 4.64. The van der Waals surface area contributed by atoms with E-state index < -0.39 is 0 Å². The van der Waals surface area contributed by atoms with Crippen molar-refractivity contribution in [1.29, 1.82) is 0 Å². The van der Waals surface area contributed by atoms with Crippen molar-refractivity contribution in [3.05, 3.63) is 18.4 Å². The number of carbonyl (C=O) groups is 1. The average Bonchev–Trinajstić information content (AvgIpc) is 3.19. The Balaban J connectivity index is 1.64. The Morgan fingerprint density at radius 1 is 1.40 bits per heavy atom. The van der Waals surface area contributed by atoms with Gasteiger partial charge in [-0.05, 0) is 31.9 Å². The highest BCUT2D eigenvalue weighted by atomic mass is 32.2. The molecule has 1 saturated heterocycles. The highest BCUT2D eigenvalue weighted by molar-refractivity contribution is 8.00. The van der Waals surface area contributed by atoms with Crippen molar-refractivity contribution < 1.29 is 13.6 Å². The van der Waals surface area contributed by atoms with E-state index in [1.165, 1.54) is 11.8 Å². The number of rotatable bonds is 4. The first kappa shape index (κ1) is 13.2. The van der Waals surface area contributed by atoms with Crippen molar-refractivity contribution in [2.45, 2.75) is 30.2 Å². The lowest BCUT2D eigenvalue weighted by molar-refractivity contribution is -0.129. The van der Waals surface area contributed by atoms with Crippen LogP contribution in [0.4, 0.5) is 0 Å². The molecule has 1 aliphatic heterocycles. The summed E-state index contributed by atoms with van der Waals surface area (Å²) in [6, 6.07) is 3.51. The number of hydrogen-bond donors (Lipinski definition) is 0.